The third kappa shape index (κ3) is 17.4. The average Bonchev–Trinajstić information content (AvgIpc) is 2.79. The SMILES string of the molecule is CCOC(=O)CNC(=O)CNC(=O)CNC(=O)CNC(=O)CNC(=O)CNC(=O)CNC(C)=O. The minimum Gasteiger partial charge on any atom is -0.465 e. The van der Waals surface area contributed by atoms with Crippen LogP contribution in [-0.4, -0.2) is 99.7 Å². The van der Waals surface area contributed by atoms with Crippen molar-refractivity contribution >= 4 is 47.3 Å². The number of amides is 7. The summed E-state index contributed by atoms with van der Waals surface area (Å²) in [7, 11) is 0. The fourth-order valence-corrected chi connectivity index (χ4v) is 1.86. The zero-order valence-electron chi connectivity index (χ0n) is 18.8. The van der Waals surface area contributed by atoms with Gasteiger partial charge < -0.3 is 42.0 Å². The Morgan fingerprint density at radius 3 is 1.00 bits per heavy atom. The molecule has 0 aliphatic heterocycles. The van der Waals surface area contributed by atoms with Crippen molar-refractivity contribution in [2.45, 2.75) is 13.8 Å². The summed E-state index contributed by atoms with van der Waals surface area (Å²) in [5, 5.41) is 15.6. The van der Waals surface area contributed by atoms with Gasteiger partial charge in [0.2, 0.25) is 41.4 Å². The Hall–Kier alpha value is -4.24. The fourth-order valence-electron chi connectivity index (χ4n) is 1.86. The molecule has 7 amide bonds. The molecular formula is C18H29N7O9. The van der Waals surface area contributed by atoms with Crippen LogP contribution in [-0.2, 0) is 43.1 Å². The summed E-state index contributed by atoms with van der Waals surface area (Å²) in [6.45, 7) is 0.139. The average molecular weight is 487 g/mol. The first kappa shape index (κ1) is 29.8. The van der Waals surface area contributed by atoms with E-state index < -0.39 is 80.0 Å². The van der Waals surface area contributed by atoms with E-state index in [1.54, 1.807) is 6.92 Å². The molecule has 16 nitrogen and oxygen atoms in total. The van der Waals surface area contributed by atoms with E-state index in [0.29, 0.717) is 0 Å². The van der Waals surface area contributed by atoms with Gasteiger partial charge >= 0.3 is 5.97 Å². The highest BCUT2D eigenvalue weighted by Crippen LogP contribution is 1.76. The van der Waals surface area contributed by atoms with Gasteiger partial charge in [0.1, 0.15) is 6.54 Å². The van der Waals surface area contributed by atoms with Crippen molar-refractivity contribution < 1.29 is 43.1 Å². The van der Waals surface area contributed by atoms with Crippen LogP contribution < -0.4 is 37.2 Å². The molecule has 7 N–H and O–H groups in total. The molecular weight excluding hydrogens is 458 g/mol. The minimum atomic E-state index is -0.702. The van der Waals surface area contributed by atoms with Crippen molar-refractivity contribution in [3.8, 4) is 0 Å². The van der Waals surface area contributed by atoms with Crippen LogP contribution in [0.1, 0.15) is 13.8 Å². The second kappa shape index (κ2) is 17.3. The van der Waals surface area contributed by atoms with E-state index in [-0.39, 0.29) is 19.7 Å². The van der Waals surface area contributed by atoms with Crippen LogP contribution in [0.5, 0.6) is 0 Å². The predicted molar refractivity (Wildman–Crippen MR) is 113 cm³/mol. The third-order valence-corrected chi connectivity index (χ3v) is 3.46. The molecule has 0 heterocycles. The van der Waals surface area contributed by atoms with Gasteiger partial charge in [0.15, 0.2) is 0 Å². The van der Waals surface area contributed by atoms with Crippen molar-refractivity contribution in [1.29, 1.82) is 0 Å². The first-order valence-electron chi connectivity index (χ1n) is 10.0. The molecule has 190 valence electrons. The molecule has 0 aromatic rings. The number of carbonyl (C=O) groups excluding carboxylic acids is 8. The molecule has 0 saturated carbocycles. The maximum absolute atomic E-state index is 11.7. The Morgan fingerprint density at radius 2 is 0.735 bits per heavy atom. The second-order valence-electron chi connectivity index (χ2n) is 6.38. The Kier molecular flexibility index (Phi) is 15.2. The van der Waals surface area contributed by atoms with Crippen LogP contribution in [0.15, 0.2) is 0 Å². The molecule has 0 aliphatic rings. The lowest BCUT2D eigenvalue weighted by Crippen LogP contribution is -2.47. The van der Waals surface area contributed by atoms with Gasteiger partial charge in [-0.3, -0.25) is 38.4 Å². The van der Waals surface area contributed by atoms with E-state index in [9.17, 15) is 38.4 Å². The van der Waals surface area contributed by atoms with Crippen LogP contribution in [0.4, 0.5) is 0 Å². The predicted octanol–water partition coefficient (Wildman–Crippen LogP) is -5.62. The molecule has 0 unspecified atom stereocenters. The molecule has 34 heavy (non-hydrogen) atoms. The zero-order chi connectivity index (χ0) is 25.9. The normalized spacial score (nSPS) is 9.59. The molecule has 16 heteroatoms. The van der Waals surface area contributed by atoms with Crippen LogP contribution in [0.3, 0.4) is 0 Å². The first-order valence-corrected chi connectivity index (χ1v) is 10.0. The van der Waals surface area contributed by atoms with E-state index in [2.05, 4.69) is 42.0 Å². The standard InChI is InChI=1S/C18H29N7O9/c1-3-34-18(33)10-25-17(32)9-24-16(31)8-23-15(30)7-22-14(29)6-21-13(28)5-20-12(27)4-19-11(2)26/h3-10H2,1-2H3,(H,19,26)(H,20,27)(H,21,28)(H,22,29)(H,23,30)(H,24,31)(H,25,32). The molecule has 0 atom stereocenters. The Balaban J connectivity index is 3.90. The number of nitrogens with one attached hydrogen (secondary N) is 7. The highest BCUT2D eigenvalue weighted by molar-refractivity contribution is 5.92. The highest BCUT2D eigenvalue weighted by Gasteiger charge is 2.11. The summed E-state index contributed by atoms with van der Waals surface area (Å²) < 4.78 is 4.62. The molecule has 0 aromatic carbocycles. The van der Waals surface area contributed by atoms with Crippen LogP contribution in [0, 0.1) is 0 Å². The lowest BCUT2D eigenvalue weighted by molar-refractivity contribution is -0.143. The van der Waals surface area contributed by atoms with E-state index in [4.69, 9.17) is 0 Å². The smallest absolute Gasteiger partial charge is 0.325 e. The first-order chi connectivity index (χ1) is 16.0. The van der Waals surface area contributed by atoms with Crippen LogP contribution >= 0.6 is 0 Å². The summed E-state index contributed by atoms with van der Waals surface area (Å²) in [5.74, 6) is -5.00. The lowest BCUT2D eigenvalue weighted by Gasteiger charge is -2.09. The topological polar surface area (TPSA) is 230 Å². The van der Waals surface area contributed by atoms with Gasteiger partial charge in [0.25, 0.3) is 0 Å². The van der Waals surface area contributed by atoms with Crippen molar-refractivity contribution in [1.82, 2.24) is 37.2 Å². The van der Waals surface area contributed by atoms with Crippen molar-refractivity contribution in [3.63, 3.8) is 0 Å². The summed E-state index contributed by atoms with van der Waals surface area (Å²) in [6, 6.07) is 0. The largest absolute Gasteiger partial charge is 0.465 e. The maximum atomic E-state index is 11.7. The molecule has 0 saturated heterocycles. The van der Waals surface area contributed by atoms with Gasteiger partial charge in [-0.1, -0.05) is 0 Å². The molecule has 0 aromatic heterocycles. The summed E-state index contributed by atoms with van der Waals surface area (Å²) >= 11 is 0. The Bertz CT molecular complexity index is 786. The van der Waals surface area contributed by atoms with E-state index in [1.165, 1.54) is 6.92 Å². The zero-order valence-corrected chi connectivity index (χ0v) is 18.8. The number of hydrogen-bond acceptors (Lipinski definition) is 9. The second-order valence-corrected chi connectivity index (χ2v) is 6.38. The number of carbonyl (C=O) groups is 8. The van der Waals surface area contributed by atoms with Crippen LogP contribution in [0.2, 0.25) is 0 Å². The molecule has 0 spiro atoms. The Morgan fingerprint density at radius 1 is 0.471 bits per heavy atom. The van der Waals surface area contributed by atoms with E-state index in [1.807, 2.05) is 0 Å². The van der Waals surface area contributed by atoms with E-state index >= 15 is 0 Å². The summed E-state index contributed by atoms with van der Waals surface area (Å²) in [4.78, 5) is 91.0. The highest BCUT2D eigenvalue weighted by atomic mass is 16.5. The maximum Gasteiger partial charge on any atom is 0.325 e. The monoisotopic (exact) mass is 487 g/mol. The minimum absolute atomic E-state index is 0.169. The van der Waals surface area contributed by atoms with Gasteiger partial charge in [0.05, 0.1) is 45.9 Å². The van der Waals surface area contributed by atoms with Gasteiger partial charge in [-0.05, 0) is 6.92 Å². The van der Waals surface area contributed by atoms with Gasteiger partial charge in [-0.2, -0.15) is 0 Å². The van der Waals surface area contributed by atoms with Gasteiger partial charge in [-0.25, -0.2) is 0 Å². The number of ether oxygens (including phenoxy) is 1. The van der Waals surface area contributed by atoms with Crippen molar-refractivity contribution in [2.24, 2.45) is 0 Å². The Labute approximate surface area is 194 Å². The lowest BCUT2D eigenvalue weighted by atomic mass is 10.4. The van der Waals surface area contributed by atoms with Crippen LogP contribution in [0.25, 0.3) is 0 Å². The molecule has 0 radical (unpaired) electrons. The summed E-state index contributed by atoms with van der Waals surface area (Å²) in [5.41, 5.74) is 0. The number of esters is 1. The molecule has 0 aliphatic carbocycles. The van der Waals surface area contributed by atoms with E-state index in [0.717, 1.165) is 0 Å². The number of hydrogen-bond donors (Lipinski definition) is 7. The third-order valence-electron chi connectivity index (χ3n) is 3.46. The van der Waals surface area contributed by atoms with Crippen molar-refractivity contribution in [3.05, 3.63) is 0 Å². The fraction of sp³-hybridized carbons (Fsp3) is 0.556. The molecule has 0 rings (SSSR count). The van der Waals surface area contributed by atoms with Gasteiger partial charge in [-0.15, -0.1) is 0 Å². The van der Waals surface area contributed by atoms with Crippen molar-refractivity contribution in [2.75, 3.05) is 52.4 Å². The van der Waals surface area contributed by atoms with Gasteiger partial charge in [0, 0.05) is 6.92 Å². The number of rotatable bonds is 15. The quantitative estimate of drug-likeness (QED) is 0.109. The molecule has 0 fully saturated rings. The summed E-state index contributed by atoms with van der Waals surface area (Å²) in [6.07, 6.45) is 0. The molecule has 0 bridgehead atoms.